The first-order valence-electron chi connectivity index (χ1n) is 16.4. The van der Waals surface area contributed by atoms with Crippen molar-refractivity contribution in [2.45, 2.75) is 0 Å². The van der Waals surface area contributed by atoms with E-state index in [0.29, 0.717) is 0 Å². The lowest BCUT2D eigenvalue weighted by molar-refractivity contribution is 0.483. The van der Waals surface area contributed by atoms with Crippen LogP contribution in [0.5, 0.6) is 11.5 Å². The first kappa shape index (κ1) is 27.6. The van der Waals surface area contributed by atoms with Crippen molar-refractivity contribution < 1.29 is 9.15 Å². The molecule has 10 rings (SSSR count). The zero-order valence-electron chi connectivity index (χ0n) is 26.7. The molecule has 4 heterocycles. The number of pyridine rings is 1. The molecule has 6 aromatic carbocycles. The molecule has 0 radical (unpaired) electrons. The molecule has 0 fully saturated rings. The number of hydrogen-bond donors (Lipinski definition) is 0. The number of benzene rings is 6. The molecule has 6 nitrogen and oxygen atoms in total. The molecule has 9 aromatic rings. The summed E-state index contributed by atoms with van der Waals surface area (Å²) in [5.41, 5.74) is 9.66. The lowest BCUT2D eigenvalue weighted by Gasteiger charge is -2.20. The highest BCUT2D eigenvalue weighted by atomic mass is 16.5. The fourth-order valence-corrected chi connectivity index (χ4v) is 7.30. The number of fused-ring (bicyclic) bond motifs is 7. The molecule has 0 saturated carbocycles. The minimum absolute atomic E-state index is 0.755. The van der Waals surface area contributed by atoms with Crippen LogP contribution in [0.2, 0.25) is 0 Å². The van der Waals surface area contributed by atoms with Gasteiger partial charge in [0.25, 0.3) is 0 Å². The number of furan rings is 1. The molecule has 0 unspecified atom stereocenters. The molecule has 3 aromatic heterocycles. The molecular formula is C43H30N4O2. The van der Waals surface area contributed by atoms with Crippen LogP contribution in [0.4, 0.5) is 17.1 Å². The van der Waals surface area contributed by atoms with E-state index in [9.17, 15) is 0 Å². The summed E-state index contributed by atoms with van der Waals surface area (Å²) >= 11 is 0. The highest BCUT2D eigenvalue weighted by Crippen LogP contribution is 2.43. The van der Waals surface area contributed by atoms with Gasteiger partial charge in [0.2, 0.25) is 0 Å². The minimum Gasteiger partial charge on any atom is -0.457 e. The zero-order chi connectivity index (χ0) is 32.5. The molecule has 0 atom stereocenters. The molecular weight excluding hydrogens is 604 g/mol. The lowest BCUT2D eigenvalue weighted by Crippen LogP contribution is -2.23. The fourth-order valence-electron chi connectivity index (χ4n) is 7.30. The number of aromatic nitrogens is 2. The molecule has 1 aliphatic rings. The first-order valence-corrected chi connectivity index (χ1v) is 16.4. The van der Waals surface area contributed by atoms with Crippen molar-refractivity contribution in [3.05, 3.63) is 152 Å². The second-order valence-corrected chi connectivity index (χ2v) is 12.6. The molecule has 6 heteroatoms. The van der Waals surface area contributed by atoms with E-state index in [2.05, 4.69) is 131 Å². The van der Waals surface area contributed by atoms with Gasteiger partial charge in [-0.1, -0.05) is 78.9 Å². The molecule has 0 spiro atoms. The van der Waals surface area contributed by atoms with Gasteiger partial charge in [0.15, 0.2) is 0 Å². The second kappa shape index (κ2) is 10.8. The van der Waals surface area contributed by atoms with Crippen LogP contribution in [0.3, 0.4) is 0 Å². The molecule has 0 bridgehead atoms. The maximum absolute atomic E-state index is 6.58. The highest BCUT2D eigenvalue weighted by Gasteiger charge is 2.25. The van der Waals surface area contributed by atoms with Crippen molar-refractivity contribution in [3.8, 4) is 28.4 Å². The third kappa shape index (κ3) is 4.45. The Hall–Kier alpha value is -6.53. The Morgan fingerprint density at radius 1 is 0.571 bits per heavy atom. The maximum Gasteiger partial charge on any atom is 0.141 e. The number of para-hydroxylation sites is 2. The van der Waals surface area contributed by atoms with E-state index in [0.717, 1.165) is 73.4 Å². The molecule has 0 saturated heterocycles. The SMILES string of the molecule is CN1CN(c2cccc(Oc3ccc4c5ccccc5n(-c5cc6oc7ccccc7c6cn5)c4c3)c2)c2ccc(-c3ccccc3)cc21. The number of nitrogens with zero attached hydrogens (tertiary/aromatic N) is 4. The number of ether oxygens (including phenoxy) is 1. The topological polar surface area (TPSA) is 46.7 Å². The van der Waals surface area contributed by atoms with Crippen LogP contribution in [-0.2, 0) is 0 Å². The van der Waals surface area contributed by atoms with E-state index in [4.69, 9.17) is 14.1 Å². The number of rotatable bonds is 5. The van der Waals surface area contributed by atoms with Gasteiger partial charge in [0, 0.05) is 58.7 Å². The molecule has 1 aliphatic heterocycles. The second-order valence-electron chi connectivity index (χ2n) is 12.6. The summed E-state index contributed by atoms with van der Waals surface area (Å²) in [6, 6.07) is 50.4. The Morgan fingerprint density at radius 3 is 2.29 bits per heavy atom. The quantitative estimate of drug-likeness (QED) is 0.189. The van der Waals surface area contributed by atoms with Crippen LogP contribution in [0.15, 0.2) is 156 Å². The highest BCUT2D eigenvalue weighted by molar-refractivity contribution is 6.10. The molecule has 49 heavy (non-hydrogen) atoms. The van der Waals surface area contributed by atoms with E-state index < -0.39 is 0 Å². The van der Waals surface area contributed by atoms with Crippen molar-refractivity contribution >= 4 is 60.8 Å². The summed E-state index contributed by atoms with van der Waals surface area (Å²) in [6.45, 7) is 0.756. The van der Waals surface area contributed by atoms with Gasteiger partial charge < -0.3 is 19.0 Å². The summed E-state index contributed by atoms with van der Waals surface area (Å²) < 4.78 is 15.0. The van der Waals surface area contributed by atoms with Crippen molar-refractivity contribution in [2.24, 2.45) is 0 Å². The summed E-state index contributed by atoms with van der Waals surface area (Å²) in [4.78, 5) is 9.56. The van der Waals surface area contributed by atoms with Gasteiger partial charge in [-0.2, -0.15) is 0 Å². The van der Waals surface area contributed by atoms with Crippen LogP contribution in [0.25, 0.3) is 60.7 Å². The van der Waals surface area contributed by atoms with Gasteiger partial charge in [0.05, 0.1) is 29.1 Å². The Balaban J connectivity index is 1.01. The summed E-state index contributed by atoms with van der Waals surface area (Å²) in [5, 5.41) is 4.37. The maximum atomic E-state index is 6.58. The minimum atomic E-state index is 0.755. The lowest BCUT2D eigenvalue weighted by atomic mass is 10.0. The van der Waals surface area contributed by atoms with Crippen LogP contribution < -0.4 is 14.5 Å². The van der Waals surface area contributed by atoms with E-state index in [1.165, 1.54) is 22.5 Å². The van der Waals surface area contributed by atoms with Crippen LogP contribution in [0, 0.1) is 0 Å². The summed E-state index contributed by atoms with van der Waals surface area (Å²) in [7, 11) is 2.14. The van der Waals surface area contributed by atoms with Gasteiger partial charge in [-0.15, -0.1) is 0 Å². The van der Waals surface area contributed by atoms with E-state index in [-0.39, 0.29) is 0 Å². The van der Waals surface area contributed by atoms with Gasteiger partial charge in [0.1, 0.15) is 28.5 Å². The van der Waals surface area contributed by atoms with Crippen LogP contribution >= 0.6 is 0 Å². The predicted molar refractivity (Wildman–Crippen MR) is 200 cm³/mol. The van der Waals surface area contributed by atoms with Crippen molar-refractivity contribution in [2.75, 3.05) is 23.5 Å². The average molecular weight is 635 g/mol. The Bertz CT molecular complexity index is 2710. The first-order chi connectivity index (χ1) is 24.2. The van der Waals surface area contributed by atoms with E-state index in [1.807, 2.05) is 42.6 Å². The molecule has 0 N–H and O–H groups in total. The number of anilines is 3. The average Bonchev–Trinajstić information content (AvgIpc) is 3.80. The monoisotopic (exact) mass is 634 g/mol. The van der Waals surface area contributed by atoms with Crippen LogP contribution in [0.1, 0.15) is 0 Å². The third-order valence-corrected chi connectivity index (χ3v) is 9.63. The van der Waals surface area contributed by atoms with Gasteiger partial charge in [-0.3, -0.25) is 4.57 Å². The fraction of sp³-hybridized carbons (Fsp3) is 0.0465. The Morgan fingerprint density at radius 2 is 1.37 bits per heavy atom. The third-order valence-electron chi connectivity index (χ3n) is 9.63. The molecule has 0 amide bonds. The van der Waals surface area contributed by atoms with Gasteiger partial charge in [-0.05, 0) is 59.7 Å². The largest absolute Gasteiger partial charge is 0.457 e. The zero-order valence-corrected chi connectivity index (χ0v) is 26.7. The predicted octanol–water partition coefficient (Wildman–Crippen LogP) is 11.1. The van der Waals surface area contributed by atoms with Crippen molar-refractivity contribution in [1.82, 2.24) is 9.55 Å². The smallest absolute Gasteiger partial charge is 0.141 e. The Kier molecular flexibility index (Phi) is 6.05. The normalized spacial score (nSPS) is 12.8. The van der Waals surface area contributed by atoms with Crippen molar-refractivity contribution in [1.29, 1.82) is 0 Å². The number of hydrogen-bond acceptors (Lipinski definition) is 5. The molecule has 234 valence electrons. The van der Waals surface area contributed by atoms with E-state index >= 15 is 0 Å². The molecule has 0 aliphatic carbocycles. The van der Waals surface area contributed by atoms with Crippen molar-refractivity contribution in [3.63, 3.8) is 0 Å². The summed E-state index contributed by atoms with van der Waals surface area (Å²) in [5.74, 6) is 2.33. The van der Waals surface area contributed by atoms with E-state index in [1.54, 1.807) is 0 Å². The van der Waals surface area contributed by atoms with Gasteiger partial charge in [-0.25, -0.2) is 4.98 Å². The summed E-state index contributed by atoms with van der Waals surface area (Å²) in [6.07, 6.45) is 1.92. The Labute approximate surface area is 282 Å². The standard InChI is InChI=1S/C43H30N4O2/c1-45-27-46(38-21-18-29(22-40(38)45)28-10-3-2-4-11-28)30-12-9-13-31(23-30)48-32-19-20-34-33-14-5-7-16-37(33)47(39(34)24-32)43-25-42-36(26-44-43)35-15-6-8-17-41(35)49-42/h2-26H,27H2,1H3. The van der Waals surface area contributed by atoms with Crippen LogP contribution in [-0.4, -0.2) is 23.3 Å². The van der Waals surface area contributed by atoms with Gasteiger partial charge >= 0.3 is 0 Å².